The SMILES string of the molecule is O=C(O)COCC1CCN(Cc2ccccc2)CC1. The number of rotatable bonds is 6. The number of carbonyl (C=O) groups is 1. The molecule has 1 aliphatic rings. The van der Waals surface area contributed by atoms with E-state index in [1.54, 1.807) is 0 Å². The van der Waals surface area contributed by atoms with E-state index >= 15 is 0 Å². The zero-order valence-corrected chi connectivity index (χ0v) is 11.1. The first-order valence-electron chi connectivity index (χ1n) is 6.80. The molecule has 0 aromatic heterocycles. The number of hydrogen-bond acceptors (Lipinski definition) is 3. The van der Waals surface area contributed by atoms with Crippen molar-refractivity contribution >= 4 is 5.97 Å². The van der Waals surface area contributed by atoms with Crippen LogP contribution in [0, 0.1) is 5.92 Å². The van der Waals surface area contributed by atoms with Gasteiger partial charge in [0.1, 0.15) is 6.61 Å². The highest BCUT2D eigenvalue weighted by Gasteiger charge is 2.19. The normalized spacial score (nSPS) is 17.5. The number of nitrogens with zero attached hydrogens (tertiary/aromatic N) is 1. The molecule has 1 saturated heterocycles. The maximum absolute atomic E-state index is 10.4. The van der Waals surface area contributed by atoms with Crippen molar-refractivity contribution in [1.29, 1.82) is 0 Å². The van der Waals surface area contributed by atoms with Crippen molar-refractivity contribution in [2.45, 2.75) is 19.4 Å². The van der Waals surface area contributed by atoms with E-state index in [0.717, 1.165) is 32.5 Å². The van der Waals surface area contributed by atoms with E-state index < -0.39 is 5.97 Å². The maximum atomic E-state index is 10.4. The van der Waals surface area contributed by atoms with Crippen molar-refractivity contribution in [3.8, 4) is 0 Å². The minimum absolute atomic E-state index is 0.176. The average molecular weight is 263 g/mol. The Morgan fingerprint density at radius 3 is 2.58 bits per heavy atom. The lowest BCUT2D eigenvalue weighted by Gasteiger charge is -2.31. The van der Waals surface area contributed by atoms with Crippen LogP contribution in [0.3, 0.4) is 0 Å². The van der Waals surface area contributed by atoms with Gasteiger partial charge in [0.05, 0.1) is 6.61 Å². The van der Waals surface area contributed by atoms with Gasteiger partial charge < -0.3 is 9.84 Å². The number of hydrogen-bond donors (Lipinski definition) is 1. The van der Waals surface area contributed by atoms with Crippen molar-refractivity contribution < 1.29 is 14.6 Å². The summed E-state index contributed by atoms with van der Waals surface area (Å²) in [7, 11) is 0. The molecular weight excluding hydrogens is 242 g/mol. The molecule has 0 saturated carbocycles. The Labute approximate surface area is 114 Å². The van der Waals surface area contributed by atoms with E-state index in [9.17, 15) is 4.79 Å². The maximum Gasteiger partial charge on any atom is 0.329 e. The van der Waals surface area contributed by atoms with E-state index in [0.29, 0.717) is 12.5 Å². The van der Waals surface area contributed by atoms with Gasteiger partial charge in [-0.25, -0.2) is 4.79 Å². The fourth-order valence-corrected chi connectivity index (χ4v) is 2.47. The largest absolute Gasteiger partial charge is 0.480 e. The number of aliphatic carboxylic acids is 1. The second-order valence-corrected chi connectivity index (χ2v) is 5.11. The molecule has 19 heavy (non-hydrogen) atoms. The van der Waals surface area contributed by atoms with Gasteiger partial charge in [0.2, 0.25) is 0 Å². The summed E-state index contributed by atoms with van der Waals surface area (Å²) in [6, 6.07) is 10.5. The van der Waals surface area contributed by atoms with Crippen LogP contribution in [0.15, 0.2) is 30.3 Å². The summed E-state index contributed by atoms with van der Waals surface area (Å²) in [5.74, 6) is -0.382. The molecule has 1 aliphatic heterocycles. The third-order valence-corrected chi connectivity index (χ3v) is 3.54. The topological polar surface area (TPSA) is 49.8 Å². The van der Waals surface area contributed by atoms with Crippen molar-refractivity contribution in [3.05, 3.63) is 35.9 Å². The molecule has 0 amide bonds. The Hall–Kier alpha value is -1.39. The van der Waals surface area contributed by atoms with E-state index in [4.69, 9.17) is 9.84 Å². The van der Waals surface area contributed by atoms with Gasteiger partial charge in [-0.3, -0.25) is 4.90 Å². The number of carboxylic acids is 1. The first-order chi connectivity index (χ1) is 9.24. The standard InChI is InChI=1S/C15H21NO3/c17-15(18)12-19-11-14-6-8-16(9-7-14)10-13-4-2-1-3-5-13/h1-5,14H,6-12H2,(H,17,18). The monoisotopic (exact) mass is 263 g/mol. The molecule has 0 spiro atoms. The van der Waals surface area contributed by atoms with E-state index in [-0.39, 0.29) is 6.61 Å². The predicted molar refractivity (Wildman–Crippen MR) is 72.9 cm³/mol. The van der Waals surface area contributed by atoms with Crippen LogP contribution in [-0.2, 0) is 16.1 Å². The van der Waals surface area contributed by atoms with Crippen LogP contribution in [0.4, 0.5) is 0 Å². The lowest BCUT2D eigenvalue weighted by Crippen LogP contribution is -2.34. The van der Waals surface area contributed by atoms with Crippen molar-refractivity contribution in [3.63, 3.8) is 0 Å². The second-order valence-electron chi connectivity index (χ2n) is 5.11. The van der Waals surface area contributed by atoms with Gasteiger partial charge in [-0.2, -0.15) is 0 Å². The van der Waals surface area contributed by atoms with Gasteiger partial charge in [-0.1, -0.05) is 30.3 Å². The highest BCUT2D eigenvalue weighted by Crippen LogP contribution is 2.19. The van der Waals surface area contributed by atoms with Gasteiger partial charge in [-0.05, 0) is 37.4 Å². The summed E-state index contributed by atoms with van der Waals surface area (Å²) in [5, 5.41) is 8.52. The Kier molecular flexibility index (Phi) is 5.36. The Balaban J connectivity index is 1.66. The second kappa shape index (κ2) is 7.26. The van der Waals surface area contributed by atoms with Crippen molar-refractivity contribution in [1.82, 2.24) is 4.90 Å². The van der Waals surface area contributed by atoms with Gasteiger partial charge in [-0.15, -0.1) is 0 Å². The Bertz CT molecular complexity index is 386. The molecule has 4 heteroatoms. The minimum Gasteiger partial charge on any atom is -0.480 e. The smallest absolute Gasteiger partial charge is 0.329 e. The number of likely N-dealkylation sites (tertiary alicyclic amines) is 1. The molecule has 0 radical (unpaired) electrons. The Morgan fingerprint density at radius 2 is 1.95 bits per heavy atom. The van der Waals surface area contributed by atoms with Gasteiger partial charge >= 0.3 is 5.97 Å². The number of carboxylic acid groups (broad SMARTS) is 1. The first kappa shape index (κ1) is 14.0. The molecule has 0 atom stereocenters. The highest BCUT2D eigenvalue weighted by atomic mass is 16.5. The quantitative estimate of drug-likeness (QED) is 0.853. The van der Waals surface area contributed by atoms with Crippen LogP contribution in [0.25, 0.3) is 0 Å². The molecule has 1 aromatic rings. The summed E-state index contributed by atoms with van der Waals surface area (Å²) in [6.07, 6.45) is 2.18. The number of ether oxygens (including phenoxy) is 1. The molecule has 0 unspecified atom stereocenters. The van der Waals surface area contributed by atoms with E-state index in [1.807, 2.05) is 6.07 Å². The van der Waals surface area contributed by atoms with Gasteiger partial charge in [0.15, 0.2) is 0 Å². The van der Waals surface area contributed by atoms with E-state index in [2.05, 4.69) is 29.2 Å². The van der Waals surface area contributed by atoms with Crippen LogP contribution in [-0.4, -0.2) is 42.3 Å². The first-order valence-corrected chi connectivity index (χ1v) is 6.80. The molecule has 0 bridgehead atoms. The van der Waals surface area contributed by atoms with Crippen LogP contribution in [0.2, 0.25) is 0 Å². The summed E-state index contributed by atoms with van der Waals surface area (Å²) >= 11 is 0. The molecule has 1 N–H and O–H groups in total. The van der Waals surface area contributed by atoms with Crippen molar-refractivity contribution in [2.75, 3.05) is 26.3 Å². The molecule has 1 heterocycles. The summed E-state index contributed by atoms with van der Waals surface area (Å²) < 4.78 is 5.17. The summed E-state index contributed by atoms with van der Waals surface area (Å²) in [5.41, 5.74) is 1.35. The molecule has 2 rings (SSSR count). The van der Waals surface area contributed by atoms with Gasteiger partial charge in [0, 0.05) is 6.54 Å². The summed E-state index contributed by atoms with van der Waals surface area (Å²) in [6.45, 7) is 3.53. The van der Waals surface area contributed by atoms with Crippen LogP contribution in [0.1, 0.15) is 18.4 Å². The van der Waals surface area contributed by atoms with E-state index in [1.165, 1.54) is 5.56 Å². The number of benzene rings is 1. The third-order valence-electron chi connectivity index (χ3n) is 3.54. The summed E-state index contributed by atoms with van der Waals surface area (Å²) in [4.78, 5) is 12.8. The third kappa shape index (κ3) is 5.01. The lowest BCUT2D eigenvalue weighted by molar-refractivity contribution is -0.142. The van der Waals surface area contributed by atoms with Gasteiger partial charge in [0.25, 0.3) is 0 Å². The van der Waals surface area contributed by atoms with Crippen molar-refractivity contribution in [2.24, 2.45) is 5.92 Å². The molecule has 1 fully saturated rings. The zero-order valence-electron chi connectivity index (χ0n) is 11.1. The molecular formula is C15H21NO3. The molecule has 1 aromatic carbocycles. The average Bonchev–Trinajstić information content (AvgIpc) is 2.42. The highest BCUT2D eigenvalue weighted by molar-refractivity contribution is 5.67. The molecule has 0 aliphatic carbocycles. The van der Waals surface area contributed by atoms with Crippen LogP contribution < -0.4 is 0 Å². The van der Waals surface area contributed by atoms with Crippen LogP contribution >= 0.6 is 0 Å². The Morgan fingerprint density at radius 1 is 1.26 bits per heavy atom. The fourth-order valence-electron chi connectivity index (χ4n) is 2.47. The number of piperidine rings is 1. The van der Waals surface area contributed by atoms with Crippen LogP contribution in [0.5, 0.6) is 0 Å². The fraction of sp³-hybridized carbons (Fsp3) is 0.533. The molecule has 104 valence electrons. The lowest BCUT2D eigenvalue weighted by atomic mass is 9.97. The molecule has 4 nitrogen and oxygen atoms in total. The minimum atomic E-state index is -0.887. The predicted octanol–water partition coefficient (Wildman–Crippen LogP) is 2.00. The zero-order chi connectivity index (χ0) is 13.5.